The van der Waals surface area contributed by atoms with Gasteiger partial charge in [-0.1, -0.05) is 11.6 Å². The fourth-order valence-electron chi connectivity index (χ4n) is 2.41. The predicted molar refractivity (Wildman–Crippen MR) is 94.0 cm³/mol. The monoisotopic (exact) mass is 466 g/mol. The molecule has 164 valence electrons. The summed E-state index contributed by atoms with van der Waals surface area (Å²) in [6.07, 6.45) is -7.98. The number of hydrogen-bond acceptors (Lipinski definition) is 6. The predicted octanol–water partition coefficient (Wildman–Crippen LogP) is 4.72. The standard InChI is InChI=1S/C17H9ClF6N4O3/c1-30-10-5-25-6-26-11(10)14-27-13(17(22,23)24)12(15(29)28-14)31-7-2-3-9(18)8(4-7)16(19,20)21/h2-6H,1H3,(H,27,28,29). The molecular formula is C17H9ClF6N4O3. The van der Waals surface area contributed by atoms with Gasteiger partial charge >= 0.3 is 12.4 Å². The van der Waals surface area contributed by atoms with E-state index in [2.05, 4.69) is 15.0 Å². The van der Waals surface area contributed by atoms with Crippen molar-refractivity contribution in [3.05, 3.63) is 57.4 Å². The third-order valence-corrected chi connectivity index (χ3v) is 4.06. The molecule has 0 atom stereocenters. The van der Waals surface area contributed by atoms with Crippen LogP contribution in [-0.2, 0) is 12.4 Å². The lowest BCUT2D eigenvalue weighted by molar-refractivity contribution is -0.142. The first-order valence-electron chi connectivity index (χ1n) is 8.02. The van der Waals surface area contributed by atoms with Gasteiger partial charge in [0, 0.05) is 0 Å². The number of aromatic amines is 1. The maximum Gasteiger partial charge on any atom is 0.437 e. The third kappa shape index (κ3) is 4.71. The van der Waals surface area contributed by atoms with Crippen LogP contribution in [0.3, 0.4) is 0 Å². The van der Waals surface area contributed by atoms with Crippen molar-refractivity contribution in [2.45, 2.75) is 12.4 Å². The zero-order valence-electron chi connectivity index (χ0n) is 15.1. The molecule has 0 aliphatic carbocycles. The molecule has 0 fully saturated rings. The second kappa shape index (κ2) is 8.06. The maximum absolute atomic E-state index is 13.6. The molecule has 14 heteroatoms. The third-order valence-electron chi connectivity index (χ3n) is 3.73. The average Bonchev–Trinajstić information content (AvgIpc) is 2.68. The first-order valence-corrected chi connectivity index (χ1v) is 8.40. The van der Waals surface area contributed by atoms with Gasteiger partial charge in [-0.25, -0.2) is 15.0 Å². The van der Waals surface area contributed by atoms with Crippen LogP contribution in [0.1, 0.15) is 11.3 Å². The second-order valence-corrected chi connectivity index (χ2v) is 6.18. The van der Waals surface area contributed by atoms with E-state index in [0.29, 0.717) is 6.07 Å². The van der Waals surface area contributed by atoms with E-state index < -0.39 is 51.5 Å². The molecule has 0 aliphatic heterocycles. The number of nitrogens with one attached hydrogen (secondary N) is 1. The number of benzene rings is 1. The Morgan fingerprint density at radius 2 is 1.81 bits per heavy atom. The summed E-state index contributed by atoms with van der Waals surface area (Å²) >= 11 is 5.48. The SMILES string of the molecule is COc1cncnc1-c1nc(C(F)(F)F)c(Oc2ccc(Cl)c(C(F)(F)F)c2)c(=O)[nH]1. The van der Waals surface area contributed by atoms with Crippen molar-refractivity contribution in [3.8, 4) is 28.8 Å². The Balaban J connectivity index is 2.15. The van der Waals surface area contributed by atoms with Crippen LogP contribution in [0.15, 0.2) is 35.5 Å². The highest BCUT2D eigenvalue weighted by Gasteiger charge is 2.40. The minimum absolute atomic E-state index is 0.0834. The molecule has 2 heterocycles. The van der Waals surface area contributed by atoms with Crippen molar-refractivity contribution in [1.29, 1.82) is 0 Å². The van der Waals surface area contributed by atoms with Gasteiger partial charge in [-0.15, -0.1) is 0 Å². The molecule has 0 aliphatic rings. The lowest BCUT2D eigenvalue weighted by Crippen LogP contribution is -2.21. The molecule has 1 aromatic carbocycles. The number of nitrogens with zero attached hydrogens (tertiary/aromatic N) is 3. The molecule has 7 nitrogen and oxygen atoms in total. The highest BCUT2D eigenvalue weighted by atomic mass is 35.5. The van der Waals surface area contributed by atoms with Gasteiger partial charge in [0.25, 0.3) is 5.56 Å². The molecule has 0 spiro atoms. The molecule has 2 aromatic heterocycles. The van der Waals surface area contributed by atoms with Gasteiger partial charge in [0.15, 0.2) is 23.0 Å². The van der Waals surface area contributed by atoms with E-state index in [-0.39, 0.29) is 11.4 Å². The Kier molecular flexibility index (Phi) is 5.81. The fraction of sp³-hybridized carbons (Fsp3) is 0.176. The van der Waals surface area contributed by atoms with Gasteiger partial charge in [-0.05, 0) is 18.2 Å². The smallest absolute Gasteiger partial charge is 0.437 e. The number of rotatable bonds is 4. The Morgan fingerprint density at radius 3 is 2.42 bits per heavy atom. The zero-order chi connectivity index (χ0) is 23.0. The summed E-state index contributed by atoms with van der Waals surface area (Å²) in [4.78, 5) is 25.1. The van der Waals surface area contributed by atoms with Gasteiger partial charge < -0.3 is 14.5 Å². The topological polar surface area (TPSA) is 90.0 Å². The van der Waals surface area contributed by atoms with E-state index in [9.17, 15) is 31.1 Å². The number of methoxy groups -OCH3 is 1. The lowest BCUT2D eigenvalue weighted by Gasteiger charge is -2.15. The maximum atomic E-state index is 13.6. The quantitative estimate of drug-likeness (QED) is 0.560. The summed E-state index contributed by atoms with van der Waals surface area (Å²) in [7, 11) is 1.20. The van der Waals surface area contributed by atoms with E-state index in [1.807, 2.05) is 4.98 Å². The normalized spacial score (nSPS) is 12.0. The fourth-order valence-corrected chi connectivity index (χ4v) is 2.63. The summed E-state index contributed by atoms with van der Waals surface area (Å²) < 4.78 is 89.5. The Hall–Kier alpha value is -3.35. The van der Waals surface area contributed by atoms with E-state index in [1.165, 1.54) is 7.11 Å². The Morgan fingerprint density at radius 1 is 1.10 bits per heavy atom. The average molecular weight is 467 g/mol. The van der Waals surface area contributed by atoms with Crippen LogP contribution < -0.4 is 15.0 Å². The van der Waals surface area contributed by atoms with Gasteiger partial charge in [-0.3, -0.25) is 4.79 Å². The van der Waals surface area contributed by atoms with E-state index >= 15 is 0 Å². The number of H-pyrrole nitrogens is 1. The number of hydrogen-bond donors (Lipinski definition) is 1. The molecule has 0 saturated carbocycles. The number of ether oxygens (including phenoxy) is 2. The van der Waals surface area contributed by atoms with Crippen molar-refractivity contribution in [3.63, 3.8) is 0 Å². The Bertz CT molecular complexity index is 1180. The van der Waals surface area contributed by atoms with Crippen molar-refractivity contribution in [2.24, 2.45) is 0 Å². The van der Waals surface area contributed by atoms with Gasteiger partial charge in [0.2, 0.25) is 5.75 Å². The first-order chi connectivity index (χ1) is 14.4. The molecule has 0 radical (unpaired) electrons. The van der Waals surface area contributed by atoms with Crippen molar-refractivity contribution < 1.29 is 35.8 Å². The van der Waals surface area contributed by atoms with Crippen molar-refractivity contribution in [1.82, 2.24) is 19.9 Å². The minimum atomic E-state index is -5.20. The van der Waals surface area contributed by atoms with E-state index in [4.69, 9.17) is 21.1 Å². The van der Waals surface area contributed by atoms with Crippen LogP contribution in [0, 0.1) is 0 Å². The van der Waals surface area contributed by atoms with Crippen molar-refractivity contribution in [2.75, 3.05) is 7.11 Å². The largest absolute Gasteiger partial charge is 0.493 e. The summed E-state index contributed by atoms with van der Waals surface area (Å²) in [5.41, 5.74) is -4.80. The van der Waals surface area contributed by atoms with Gasteiger partial charge in [0.05, 0.1) is 23.9 Å². The number of alkyl halides is 6. The lowest BCUT2D eigenvalue weighted by atomic mass is 10.2. The molecule has 0 saturated heterocycles. The molecule has 31 heavy (non-hydrogen) atoms. The molecule has 3 rings (SSSR count). The van der Waals surface area contributed by atoms with Gasteiger partial charge in [-0.2, -0.15) is 26.3 Å². The number of halogens is 7. The molecule has 0 amide bonds. The molecule has 0 bridgehead atoms. The summed E-state index contributed by atoms with van der Waals surface area (Å²) in [6, 6.07) is 2.01. The second-order valence-electron chi connectivity index (χ2n) is 5.77. The van der Waals surface area contributed by atoms with Crippen LogP contribution in [0.4, 0.5) is 26.3 Å². The van der Waals surface area contributed by atoms with Gasteiger partial charge in [0.1, 0.15) is 12.1 Å². The van der Waals surface area contributed by atoms with Crippen LogP contribution in [0.5, 0.6) is 17.2 Å². The van der Waals surface area contributed by atoms with E-state index in [0.717, 1.165) is 24.7 Å². The van der Waals surface area contributed by atoms with Crippen LogP contribution in [0.25, 0.3) is 11.5 Å². The molecule has 1 N–H and O–H groups in total. The highest BCUT2D eigenvalue weighted by Crippen LogP contribution is 2.39. The molecule has 0 unspecified atom stereocenters. The minimum Gasteiger partial charge on any atom is -0.493 e. The molecule has 3 aromatic rings. The first kappa shape index (κ1) is 22.3. The van der Waals surface area contributed by atoms with Crippen LogP contribution in [0.2, 0.25) is 5.02 Å². The number of aromatic nitrogens is 4. The van der Waals surface area contributed by atoms with E-state index in [1.54, 1.807) is 0 Å². The van der Waals surface area contributed by atoms with Crippen LogP contribution in [-0.4, -0.2) is 27.0 Å². The van der Waals surface area contributed by atoms with Crippen molar-refractivity contribution >= 4 is 11.6 Å². The summed E-state index contributed by atoms with van der Waals surface area (Å²) in [5.74, 6) is -2.77. The highest BCUT2D eigenvalue weighted by molar-refractivity contribution is 6.31. The zero-order valence-corrected chi connectivity index (χ0v) is 15.9. The summed E-state index contributed by atoms with van der Waals surface area (Å²) in [6.45, 7) is 0. The molecular weight excluding hydrogens is 458 g/mol. The summed E-state index contributed by atoms with van der Waals surface area (Å²) in [5, 5.41) is -0.700. The Labute approximate surface area is 173 Å². The van der Waals surface area contributed by atoms with Crippen LogP contribution >= 0.6 is 11.6 Å².